The Morgan fingerprint density at radius 3 is 2.42 bits per heavy atom. The summed E-state index contributed by atoms with van der Waals surface area (Å²) in [4.78, 5) is 32.1. The van der Waals surface area contributed by atoms with E-state index in [0.29, 0.717) is 29.2 Å². The van der Waals surface area contributed by atoms with E-state index in [0.717, 1.165) is 28.4 Å². The van der Waals surface area contributed by atoms with Crippen molar-refractivity contribution in [3.8, 4) is 5.69 Å². The van der Waals surface area contributed by atoms with E-state index >= 15 is 0 Å². The molecular weight excluding hydrogens is 472 g/mol. The first-order valence-corrected chi connectivity index (χ1v) is 12.5. The molecule has 0 unspecified atom stereocenters. The molecule has 0 saturated carbocycles. The number of carbonyl (C=O) groups excluding carboxylic acids is 2. The molecule has 0 aliphatic carbocycles. The van der Waals surface area contributed by atoms with Crippen LogP contribution in [0.1, 0.15) is 28.9 Å². The highest BCUT2D eigenvalue weighted by Crippen LogP contribution is 2.23. The molecule has 2 heterocycles. The van der Waals surface area contributed by atoms with Crippen LogP contribution in [0.15, 0.2) is 84.0 Å². The lowest BCUT2D eigenvalue weighted by molar-refractivity contribution is -0.113. The summed E-state index contributed by atoms with van der Waals surface area (Å²) >= 11 is 1.32. The normalized spacial score (nSPS) is 11.0. The number of ketones is 1. The van der Waals surface area contributed by atoms with Gasteiger partial charge in [-0.3, -0.25) is 14.2 Å². The predicted molar refractivity (Wildman–Crippen MR) is 141 cm³/mol. The number of hydrogen-bond acceptors (Lipinski definition) is 6. The zero-order valence-corrected chi connectivity index (χ0v) is 20.5. The third kappa shape index (κ3) is 5.36. The van der Waals surface area contributed by atoms with Gasteiger partial charge in [-0.05, 0) is 55.5 Å². The highest BCUT2D eigenvalue weighted by atomic mass is 32.2. The van der Waals surface area contributed by atoms with Crippen molar-refractivity contribution in [2.75, 3.05) is 11.1 Å². The number of benzene rings is 3. The number of Topliss-reactive ketones (excluding diaryl/α,β-unsaturated/α-hetero) is 1. The molecule has 0 aliphatic heterocycles. The number of aromatic amines is 1. The van der Waals surface area contributed by atoms with Gasteiger partial charge in [0.1, 0.15) is 11.6 Å². The first kappa shape index (κ1) is 23.5. The molecule has 0 spiro atoms. The molecule has 0 radical (unpaired) electrons. The van der Waals surface area contributed by atoms with Gasteiger partial charge in [-0.2, -0.15) is 0 Å². The van der Waals surface area contributed by atoms with Gasteiger partial charge in [0.25, 0.3) is 0 Å². The maximum absolute atomic E-state index is 12.6. The Bertz CT molecular complexity index is 1480. The molecule has 2 aromatic heterocycles. The molecule has 180 valence electrons. The molecule has 0 aliphatic rings. The van der Waals surface area contributed by atoms with E-state index < -0.39 is 0 Å². The number of nitrogens with zero attached hydrogens (tertiary/aromatic N) is 4. The number of H-pyrrole nitrogens is 1. The molecule has 0 saturated heterocycles. The van der Waals surface area contributed by atoms with Crippen LogP contribution in [0.4, 0.5) is 5.69 Å². The summed E-state index contributed by atoms with van der Waals surface area (Å²) < 4.78 is 1.99. The van der Waals surface area contributed by atoms with Crippen molar-refractivity contribution >= 4 is 40.2 Å². The van der Waals surface area contributed by atoms with Crippen LogP contribution in [0.2, 0.25) is 0 Å². The minimum atomic E-state index is -0.165. The molecule has 2 N–H and O–H groups in total. The maximum Gasteiger partial charge on any atom is 0.234 e. The van der Waals surface area contributed by atoms with Gasteiger partial charge in [0, 0.05) is 29.8 Å². The van der Waals surface area contributed by atoms with Gasteiger partial charge < -0.3 is 10.3 Å². The first-order valence-electron chi connectivity index (χ1n) is 11.5. The lowest BCUT2D eigenvalue weighted by Crippen LogP contribution is -2.14. The standard InChI is InChI=1S/C27H24N6O2S/c1-18(34)19-11-13-20(14-12-19)28-26(35)17-36-27-32-31-25(33(27)21-7-3-2-4-8-21)16-15-24-29-22-9-5-6-10-23(22)30-24/h2-14H,15-17H2,1H3,(H,28,35)(H,29,30). The SMILES string of the molecule is CC(=O)c1ccc(NC(=O)CSc2nnc(CCc3nc4ccccc4[nH]3)n2-c2ccccc2)cc1. The highest BCUT2D eigenvalue weighted by Gasteiger charge is 2.17. The van der Waals surface area contributed by atoms with E-state index in [1.165, 1.54) is 18.7 Å². The molecule has 5 aromatic rings. The molecule has 8 nitrogen and oxygen atoms in total. The molecule has 5 rings (SSSR count). The fraction of sp³-hybridized carbons (Fsp3) is 0.148. The van der Waals surface area contributed by atoms with Crippen molar-refractivity contribution in [1.82, 2.24) is 24.7 Å². The summed E-state index contributed by atoms with van der Waals surface area (Å²) in [7, 11) is 0. The Morgan fingerprint density at radius 2 is 1.67 bits per heavy atom. The van der Waals surface area contributed by atoms with Crippen LogP contribution in [-0.4, -0.2) is 42.2 Å². The number of amides is 1. The third-order valence-corrected chi connectivity index (χ3v) is 6.58. The number of para-hydroxylation sites is 3. The lowest BCUT2D eigenvalue weighted by atomic mass is 10.1. The quantitative estimate of drug-likeness (QED) is 0.223. The van der Waals surface area contributed by atoms with Crippen molar-refractivity contribution < 1.29 is 9.59 Å². The molecule has 36 heavy (non-hydrogen) atoms. The summed E-state index contributed by atoms with van der Waals surface area (Å²) in [6.07, 6.45) is 1.32. The Hall–Kier alpha value is -4.24. The minimum absolute atomic E-state index is 0.0141. The summed E-state index contributed by atoms with van der Waals surface area (Å²) in [6, 6.07) is 24.7. The monoisotopic (exact) mass is 496 g/mol. The van der Waals surface area contributed by atoms with E-state index in [-0.39, 0.29) is 17.4 Å². The molecule has 0 bridgehead atoms. The molecule has 0 atom stereocenters. The van der Waals surface area contributed by atoms with Crippen molar-refractivity contribution in [2.45, 2.75) is 24.9 Å². The van der Waals surface area contributed by atoms with Crippen molar-refractivity contribution in [3.05, 3.63) is 96.1 Å². The van der Waals surface area contributed by atoms with Gasteiger partial charge in [-0.25, -0.2) is 4.98 Å². The average molecular weight is 497 g/mol. The van der Waals surface area contributed by atoms with Gasteiger partial charge >= 0.3 is 0 Å². The molecule has 9 heteroatoms. The van der Waals surface area contributed by atoms with Crippen LogP contribution in [-0.2, 0) is 17.6 Å². The van der Waals surface area contributed by atoms with Crippen LogP contribution in [0, 0.1) is 0 Å². The number of nitrogens with one attached hydrogen (secondary N) is 2. The van der Waals surface area contributed by atoms with Crippen LogP contribution in [0.5, 0.6) is 0 Å². The first-order chi connectivity index (χ1) is 17.6. The van der Waals surface area contributed by atoms with E-state index in [2.05, 4.69) is 25.5 Å². The highest BCUT2D eigenvalue weighted by molar-refractivity contribution is 7.99. The van der Waals surface area contributed by atoms with E-state index in [1.807, 2.05) is 59.2 Å². The van der Waals surface area contributed by atoms with Crippen LogP contribution in [0.3, 0.4) is 0 Å². The van der Waals surface area contributed by atoms with Crippen LogP contribution >= 0.6 is 11.8 Å². The van der Waals surface area contributed by atoms with Gasteiger partial charge in [0.05, 0.1) is 16.8 Å². The second-order valence-corrected chi connectivity index (χ2v) is 9.18. The molecular formula is C27H24N6O2S. The zero-order valence-electron chi connectivity index (χ0n) is 19.6. The van der Waals surface area contributed by atoms with E-state index in [9.17, 15) is 9.59 Å². The number of thioether (sulfide) groups is 1. The Labute approximate surface area is 212 Å². The maximum atomic E-state index is 12.6. The minimum Gasteiger partial charge on any atom is -0.342 e. The Balaban J connectivity index is 1.29. The average Bonchev–Trinajstić information content (AvgIpc) is 3.50. The Morgan fingerprint density at radius 1 is 0.917 bits per heavy atom. The smallest absolute Gasteiger partial charge is 0.234 e. The summed E-state index contributed by atoms with van der Waals surface area (Å²) in [5.41, 5.74) is 4.13. The number of carbonyl (C=O) groups is 2. The fourth-order valence-electron chi connectivity index (χ4n) is 3.86. The number of aryl methyl sites for hydroxylation is 2. The number of imidazole rings is 1. The van der Waals surface area contributed by atoms with Gasteiger partial charge in [-0.1, -0.05) is 42.1 Å². The predicted octanol–water partition coefficient (Wildman–Crippen LogP) is 4.86. The number of rotatable bonds is 9. The van der Waals surface area contributed by atoms with Crippen LogP contribution in [0.25, 0.3) is 16.7 Å². The van der Waals surface area contributed by atoms with Crippen molar-refractivity contribution in [1.29, 1.82) is 0 Å². The van der Waals surface area contributed by atoms with E-state index in [1.54, 1.807) is 24.3 Å². The second kappa shape index (κ2) is 10.6. The van der Waals surface area contributed by atoms with E-state index in [4.69, 9.17) is 0 Å². The van der Waals surface area contributed by atoms with Crippen molar-refractivity contribution in [3.63, 3.8) is 0 Å². The summed E-state index contributed by atoms with van der Waals surface area (Å²) in [5, 5.41) is 12.3. The summed E-state index contributed by atoms with van der Waals surface area (Å²) in [5.74, 6) is 1.68. The molecule has 3 aromatic carbocycles. The van der Waals surface area contributed by atoms with Gasteiger partial charge in [0.2, 0.25) is 5.91 Å². The van der Waals surface area contributed by atoms with Crippen LogP contribution < -0.4 is 5.32 Å². The molecule has 0 fully saturated rings. The number of hydrogen-bond donors (Lipinski definition) is 2. The lowest BCUT2D eigenvalue weighted by Gasteiger charge is -2.10. The Kier molecular flexibility index (Phi) is 6.90. The topological polar surface area (TPSA) is 106 Å². The van der Waals surface area contributed by atoms with Crippen molar-refractivity contribution in [2.24, 2.45) is 0 Å². The van der Waals surface area contributed by atoms with Gasteiger partial charge in [0.15, 0.2) is 10.9 Å². The third-order valence-electron chi connectivity index (χ3n) is 5.65. The number of aromatic nitrogens is 5. The largest absolute Gasteiger partial charge is 0.342 e. The number of fused-ring (bicyclic) bond motifs is 1. The summed E-state index contributed by atoms with van der Waals surface area (Å²) in [6.45, 7) is 1.51. The van der Waals surface area contributed by atoms with Gasteiger partial charge in [-0.15, -0.1) is 10.2 Å². The second-order valence-electron chi connectivity index (χ2n) is 8.24. The number of anilines is 1. The molecule has 1 amide bonds. The zero-order chi connectivity index (χ0) is 24.9. The fourth-order valence-corrected chi connectivity index (χ4v) is 4.63.